The monoisotopic (exact) mass is 414 g/mol. The first-order chi connectivity index (χ1) is 14.0. The van der Waals surface area contributed by atoms with Crippen LogP contribution in [0.4, 0.5) is 0 Å². The maximum atomic E-state index is 11.3. The Labute approximate surface area is 176 Å². The molecule has 0 unspecified atom stereocenters. The van der Waals surface area contributed by atoms with Crippen LogP contribution in [0.25, 0.3) is 0 Å². The number of rotatable bonds is 15. The van der Waals surface area contributed by atoms with E-state index in [1.165, 1.54) is 38.5 Å². The molecular weight excluding hydrogens is 372 g/mol. The number of esters is 1. The van der Waals surface area contributed by atoms with E-state index in [0.29, 0.717) is 32.1 Å². The summed E-state index contributed by atoms with van der Waals surface area (Å²) in [6, 6.07) is 0. The molecule has 0 aromatic carbocycles. The van der Waals surface area contributed by atoms with Gasteiger partial charge in [0.1, 0.15) is 6.10 Å². The van der Waals surface area contributed by atoms with Gasteiger partial charge in [-0.15, -0.1) is 0 Å². The summed E-state index contributed by atoms with van der Waals surface area (Å²) in [6.07, 6.45) is 10.9. The first-order valence-electron chi connectivity index (χ1n) is 11.9. The Morgan fingerprint density at radius 1 is 0.828 bits per heavy atom. The summed E-state index contributed by atoms with van der Waals surface area (Å²) in [6.45, 7) is 2.22. The molecule has 6 atom stereocenters. The van der Waals surface area contributed by atoms with E-state index in [-0.39, 0.29) is 24.3 Å². The zero-order chi connectivity index (χ0) is 21.1. The van der Waals surface area contributed by atoms with Gasteiger partial charge in [0, 0.05) is 6.42 Å². The van der Waals surface area contributed by atoms with Gasteiger partial charge in [0.15, 0.2) is 0 Å². The van der Waals surface area contributed by atoms with Gasteiger partial charge in [-0.3, -0.25) is 4.79 Å². The molecule has 170 valence electrons. The third-order valence-electron chi connectivity index (χ3n) is 6.40. The zero-order valence-electron chi connectivity index (χ0n) is 18.1. The Morgan fingerprint density at radius 2 is 1.48 bits per heavy atom. The molecule has 2 fully saturated rings. The van der Waals surface area contributed by atoms with Crippen molar-refractivity contribution in [3.8, 4) is 0 Å². The number of hydrogen-bond donors (Lipinski definition) is 3. The summed E-state index contributed by atoms with van der Waals surface area (Å²) in [5.74, 6) is -0.170. The average molecular weight is 415 g/mol. The van der Waals surface area contributed by atoms with Crippen LogP contribution in [0.1, 0.15) is 103 Å². The fourth-order valence-corrected chi connectivity index (χ4v) is 4.45. The minimum absolute atomic E-state index is 0.126. The molecule has 2 saturated heterocycles. The Bertz CT molecular complexity index is 457. The van der Waals surface area contributed by atoms with Crippen LogP contribution in [0.3, 0.4) is 0 Å². The number of unbranched alkanes of at least 4 members (excludes halogenated alkanes) is 7. The lowest BCUT2D eigenvalue weighted by Gasteiger charge is -2.23. The van der Waals surface area contributed by atoms with Crippen molar-refractivity contribution in [3.05, 3.63) is 0 Å². The molecule has 0 saturated carbocycles. The number of carbonyl (C=O) groups is 1. The molecule has 2 aliphatic heterocycles. The Balaban J connectivity index is 1.52. The van der Waals surface area contributed by atoms with E-state index in [1.54, 1.807) is 0 Å². The highest BCUT2D eigenvalue weighted by Crippen LogP contribution is 2.31. The van der Waals surface area contributed by atoms with E-state index in [4.69, 9.17) is 9.47 Å². The number of cyclic esters (lactones) is 1. The summed E-state index contributed by atoms with van der Waals surface area (Å²) in [7, 11) is 0. The lowest BCUT2D eigenvalue weighted by Crippen LogP contribution is -2.33. The van der Waals surface area contributed by atoms with Crippen molar-refractivity contribution >= 4 is 5.97 Å². The van der Waals surface area contributed by atoms with Gasteiger partial charge in [0.25, 0.3) is 0 Å². The third kappa shape index (κ3) is 8.91. The molecule has 0 spiro atoms. The Hall–Kier alpha value is -0.690. The van der Waals surface area contributed by atoms with Gasteiger partial charge >= 0.3 is 5.97 Å². The average Bonchev–Trinajstić information content (AvgIpc) is 3.36. The summed E-state index contributed by atoms with van der Waals surface area (Å²) in [4.78, 5) is 11.3. The van der Waals surface area contributed by atoms with Crippen LogP contribution in [0.2, 0.25) is 0 Å². The molecule has 0 bridgehead atoms. The van der Waals surface area contributed by atoms with Crippen molar-refractivity contribution in [3.63, 3.8) is 0 Å². The SMILES string of the molecule is CCCCCCCCCC[C@H](O)[C@H](O)CC[C@@H](O)[C@H]1CC[C@H]([C@H]2CCC(=O)O2)O1. The van der Waals surface area contributed by atoms with Crippen molar-refractivity contribution in [2.24, 2.45) is 0 Å². The minimum Gasteiger partial charge on any atom is -0.460 e. The quantitative estimate of drug-likeness (QED) is 0.280. The molecule has 0 amide bonds. The molecule has 3 N–H and O–H groups in total. The number of ether oxygens (including phenoxy) is 2. The molecule has 2 rings (SSSR count). The summed E-state index contributed by atoms with van der Waals surface area (Å²) >= 11 is 0. The van der Waals surface area contributed by atoms with Crippen LogP contribution in [0.5, 0.6) is 0 Å². The van der Waals surface area contributed by atoms with E-state index < -0.39 is 18.3 Å². The minimum atomic E-state index is -0.804. The predicted octanol–water partition coefficient (Wildman–Crippen LogP) is 3.63. The van der Waals surface area contributed by atoms with Gasteiger partial charge in [-0.05, 0) is 38.5 Å². The number of carbonyl (C=O) groups excluding carboxylic acids is 1. The second kappa shape index (κ2) is 13.6. The highest BCUT2D eigenvalue weighted by molar-refractivity contribution is 5.71. The van der Waals surface area contributed by atoms with Crippen LogP contribution >= 0.6 is 0 Å². The third-order valence-corrected chi connectivity index (χ3v) is 6.40. The molecule has 2 aliphatic rings. The Kier molecular flexibility index (Phi) is 11.5. The van der Waals surface area contributed by atoms with Crippen LogP contribution in [0, 0.1) is 0 Å². The number of aliphatic hydroxyl groups excluding tert-OH is 3. The van der Waals surface area contributed by atoms with E-state index in [2.05, 4.69) is 6.92 Å². The van der Waals surface area contributed by atoms with Gasteiger partial charge in [-0.1, -0.05) is 58.3 Å². The second-order valence-electron chi connectivity index (χ2n) is 8.90. The normalized spacial score (nSPS) is 27.7. The van der Waals surface area contributed by atoms with Crippen LogP contribution in [0.15, 0.2) is 0 Å². The summed E-state index contributed by atoms with van der Waals surface area (Å²) in [5.41, 5.74) is 0. The molecule has 29 heavy (non-hydrogen) atoms. The molecular formula is C23H42O6. The van der Waals surface area contributed by atoms with Crippen LogP contribution < -0.4 is 0 Å². The van der Waals surface area contributed by atoms with Crippen LogP contribution in [-0.4, -0.2) is 57.9 Å². The van der Waals surface area contributed by atoms with Crippen molar-refractivity contribution in [2.75, 3.05) is 0 Å². The Morgan fingerprint density at radius 3 is 2.14 bits per heavy atom. The maximum absolute atomic E-state index is 11.3. The summed E-state index contributed by atoms with van der Waals surface area (Å²) in [5, 5.41) is 30.8. The first-order valence-corrected chi connectivity index (χ1v) is 11.9. The largest absolute Gasteiger partial charge is 0.460 e. The van der Waals surface area contributed by atoms with Crippen molar-refractivity contribution in [2.45, 2.75) is 140 Å². The van der Waals surface area contributed by atoms with Crippen molar-refractivity contribution in [1.82, 2.24) is 0 Å². The van der Waals surface area contributed by atoms with Gasteiger partial charge < -0.3 is 24.8 Å². The number of hydrogen-bond acceptors (Lipinski definition) is 6. The summed E-state index contributed by atoms with van der Waals surface area (Å²) < 4.78 is 11.2. The highest BCUT2D eigenvalue weighted by atomic mass is 16.6. The standard InChI is InChI=1S/C23H42O6/c1-2-3-4-5-6-7-8-9-10-17(24)18(25)11-12-19(26)20-13-14-21(28-20)22-15-16-23(27)29-22/h17-22,24-26H,2-16H2,1H3/t17-,18+,19+,20+,21+,22+/m0/s1. The van der Waals surface area contributed by atoms with Crippen molar-refractivity contribution in [1.29, 1.82) is 0 Å². The predicted molar refractivity (Wildman–Crippen MR) is 111 cm³/mol. The molecule has 0 aliphatic carbocycles. The van der Waals surface area contributed by atoms with E-state index >= 15 is 0 Å². The molecule has 6 nitrogen and oxygen atoms in total. The maximum Gasteiger partial charge on any atom is 0.306 e. The van der Waals surface area contributed by atoms with Gasteiger partial charge in [-0.2, -0.15) is 0 Å². The van der Waals surface area contributed by atoms with E-state index in [9.17, 15) is 20.1 Å². The van der Waals surface area contributed by atoms with Gasteiger partial charge in [-0.25, -0.2) is 0 Å². The fourth-order valence-electron chi connectivity index (χ4n) is 4.45. The topological polar surface area (TPSA) is 96.2 Å². The van der Waals surface area contributed by atoms with Gasteiger partial charge in [0.2, 0.25) is 0 Å². The smallest absolute Gasteiger partial charge is 0.306 e. The second-order valence-corrected chi connectivity index (χ2v) is 8.90. The zero-order valence-corrected chi connectivity index (χ0v) is 18.1. The molecule has 0 radical (unpaired) electrons. The van der Waals surface area contributed by atoms with Gasteiger partial charge in [0.05, 0.1) is 30.5 Å². The lowest BCUT2D eigenvalue weighted by molar-refractivity contribution is -0.148. The molecule has 0 aromatic rings. The van der Waals surface area contributed by atoms with E-state index in [0.717, 1.165) is 25.7 Å². The van der Waals surface area contributed by atoms with E-state index in [1.807, 2.05) is 0 Å². The molecule has 6 heteroatoms. The molecule has 0 aromatic heterocycles. The first kappa shape index (κ1) is 24.6. The molecule has 2 heterocycles. The lowest BCUT2D eigenvalue weighted by atomic mass is 9.97. The van der Waals surface area contributed by atoms with Crippen molar-refractivity contribution < 1.29 is 29.6 Å². The highest BCUT2D eigenvalue weighted by Gasteiger charge is 2.39. The fraction of sp³-hybridized carbons (Fsp3) is 0.957. The number of aliphatic hydroxyl groups is 3. The van der Waals surface area contributed by atoms with Crippen LogP contribution in [-0.2, 0) is 14.3 Å².